The second kappa shape index (κ2) is 3.75. The van der Waals surface area contributed by atoms with Gasteiger partial charge in [-0.1, -0.05) is 51.1 Å². The van der Waals surface area contributed by atoms with E-state index in [2.05, 4.69) is 20.8 Å². The topological polar surface area (TPSA) is 0 Å². The monoisotopic (exact) mass is 164 g/mol. The second-order valence-corrected chi connectivity index (χ2v) is 4.38. The highest BCUT2D eigenvalue weighted by atomic mass is 14.1. The van der Waals surface area contributed by atoms with E-state index in [-0.39, 0.29) is 11.8 Å². The highest BCUT2D eigenvalue weighted by molar-refractivity contribution is 5.14. The Hall–Kier alpha value is -0.780. The third kappa shape index (κ3) is 3.56. The van der Waals surface area contributed by atoms with Crippen molar-refractivity contribution in [2.24, 2.45) is 5.41 Å². The van der Waals surface area contributed by atoms with E-state index >= 15 is 0 Å². The molecule has 0 fully saturated rings. The summed E-state index contributed by atoms with van der Waals surface area (Å²) in [7, 11) is 0. The molecule has 1 atom stereocenters. The van der Waals surface area contributed by atoms with Gasteiger partial charge in [0.1, 0.15) is 0 Å². The smallest absolute Gasteiger partial charge is 0.0316 e. The fourth-order valence-electron chi connectivity index (χ4n) is 1.01. The summed E-state index contributed by atoms with van der Waals surface area (Å²) < 4.78 is 7.97. The summed E-state index contributed by atoms with van der Waals surface area (Å²) in [6.07, 6.45) is 0.831. The average Bonchev–Trinajstić information content (AvgIpc) is 2.03. The minimum Gasteiger partial charge on any atom is -0.0622 e. The summed E-state index contributed by atoms with van der Waals surface area (Å²) in [6.45, 7) is 6.53. The van der Waals surface area contributed by atoms with Gasteiger partial charge in [-0.05, 0) is 23.8 Å². The zero-order valence-electron chi connectivity index (χ0n) is 9.17. The van der Waals surface area contributed by atoms with Crippen molar-refractivity contribution in [3.63, 3.8) is 0 Å². The number of hydrogen-bond acceptors (Lipinski definition) is 0. The molecule has 0 radical (unpaired) electrons. The van der Waals surface area contributed by atoms with Gasteiger partial charge >= 0.3 is 0 Å². The quantitative estimate of drug-likeness (QED) is 0.625. The molecule has 0 aromatic heterocycles. The van der Waals surface area contributed by atoms with Crippen LogP contribution in [0.1, 0.15) is 34.1 Å². The molecule has 0 aliphatic carbocycles. The summed E-state index contributed by atoms with van der Waals surface area (Å²) in [5.74, 6) is 0. The predicted molar refractivity (Wildman–Crippen MR) is 54.2 cm³/mol. The highest BCUT2D eigenvalue weighted by Gasteiger charge is 2.09. The van der Waals surface area contributed by atoms with Crippen molar-refractivity contribution in [2.45, 2.75) is 33.6 Å². The van der Waals surface area contributed by atoms with Gasteiger partial charge in [0.05, 0.1) is 0 Å². The molecule has 0 N–H and O–H groups in total. The minimum absolute atomic E-state index is 0.0822. The van der Waals surface area contributed by atoms with Gasteiger partial charge in [0.15, 0.2) is 0 Å². The SMILES string of the molecule is [3H]C(CC(C)(C)C)c1ccccc1. The van der Waals surface area contributed by atoms with E-state index in [1.807, 2.05) is 30.3 Å². The highest BCUT2D eigenvalue weighted by Crippen LogP contribution is 2.20. The molecule has 0 aliphatic heterocycles. The van der Waals surface area contributed by atoms with Crippen molar-refractivity contribution in [3.8, 4) is 0 Å². The van der Waals surface area contributed by atoms with Gasteiger partial charge in [-0.15, -0.1) is 0 Å². The summed E-state index contributed by atoms with van der Waals surface area (Å²) in [5.41, 5.74) is 1.36. The molecule has 0 bridgehead atoms. The summed E-state index contributed by atoms with van der Waals surface area (Å²) in [5, 5.41) is 0. The van der Waals surface area contributed by atoms with Crippen molar-refractivity contribution >= 4 is 0 Å². The van der Waals surface area contributed by atoms with Crippen LogP contribution in [0.2, 0.25) is 0 Å². The lowest BCUT2D eigenvalue weighted by molar-refractivity contribution is 0.378. The van der Waals surface area contributed by atoms with Gasteiger partial charge < -0.3 is 0 Å². The average molecular weight is 164 g/mol. The van der Waals surface area contributed by atoms with E-state index in [0.717, 1.165) is 12.0 Å². The van der Waals surface area contributed by atoms with E-state index in [1.165, 1.54) is 0 Å². The van der Waals surface area contributed by atoms with Crippen LogP contribution in [0.3, 0.4) is 0 Å². The van der Waals surface area contributed by atoms with E-state index in [4.69, 9.17) is 1.37 Å². The van der Waals surface area contributed by atoms with Crippen molar-refractivity contribution in [1.82, 2.24) is 0 Å². The number of hydrogen-bond donors (Lipinski definition) is 0. The molecule has 0 saturated heterocycles. The molecular weight excluding hydrogens is 144 g/mol. The Morgan fingerprint density at radius 1 is 1.17 bits per heavy atom. The molecule has 0 aliphatic rings. The fourth-order valence-corrected chi connectivity index (χ4v) is 1.01. The Bertz CT molecular complexity index is 246. The van der Waals surface area contributed by atoms with Gasteiger partial charge in [0.2, 0.25) is 0 Å². The van der Waals surface area contributed by atoms with E-state index < -0.39 is 0 Å². The molecule has 0 spiro atoms. The fraction of sp³-hybridized carbons (Fsp3) is 0.500. The standard InChI is InChI=1S/C12H18/c1-12(2,3)10-9-11-7-5-4-6-8-11/h4-8H,9-10H2,1-3H3/i9T. The van der Waals surface area contributed by atoms with Gasteiger partial charge in [0, 0.05) is 1.37 Å². The first-order chi connectivity index (χ1) is 5.99. The molecule has 66 valence electrons. The first-order valence-corrected chi connectivity index (χ1v) is 4.46. The summed E-state index contributed by atoms with van der Waals surface area (Å²) in [6, 6.07) is 10.1. The van der Waals surface area contributed by atoms with Crippen LogP contribution in [-0.2, 0) is 6.40 Å². The van der Waals surface area contributed by atoms with Crippen LogP contribution < -0.4 is 0 Å². The number of rotatable bonds is 2. The van der Waals surface area contributed by atoms with E-state index in [0.29, 0.717) is 0 Å². The van der Waals surface area contributed by atoms with Crippen molar-refractivity contribution in [1.29, 1.82) is 0 Å². The van der Waals surface area contributed by atoms with Crippen molar-refractivity contribution < 1.29 is 1.37 Å². The molecule has 1 aromatic rings. The second-order valence-electron chi connectivity index (χ2n) is 4.38. The van der Waals surface area contributed by atoms with E-state index in [9.17, 15) is 0 Å². The molecule has 0 saturated carbocycles. The largest absolute Gasteiger partial charge is 0.0622 e. The Morgan fingerprint density at radius 2 is 1.75 bits per heavy atom. The van der Waals surface area contributed by atoms with Crippen LogP contribution in [0.4, 0.5) is 0 Å². The molecule has 0 heteroatoms. The lowest BCUT2D eigenvalue weighted by atomic mass is 9.89. The molecule has 1 rings (SSSR count). The third-order valence-corrected chi connectivity index (χ3v) is 1.75. The number of benzene rings is 1. The van der Waals surface area contributed by atoms with Gasteiger partial charge in [-0.2, -0.15) is 0 Å². The van der Waals surface area contributed by atoms with Gasteiger partial charge in [-0.3, -0.25) is 0 Å². The van der Waals surface area contributed by atoms with Crippen LogP contribution in [-0.4, -0.2) is 0 Å². The molecule has 0 heterocycles. The maximum absolute atomic E-state index is 7.97. The zero-order chi connectivity index (χ0) is 9.90. The Kier molecular flexibility index (Phi) is 2.45. The minimum atomic E-state index is -0.0822. The maximum Gasteiger partial charge on any atom is 0.0316 e. The first kappa shape index (κ1) is 7.85. The Balaban J connectivity index is 2.64. The van der Waals surface area contributed by atoms with Gasteiger partial charge in [-0.25, -0.2) is 0 Å². The van der Waals surface area contributed by atoms with E-state index in [1.54, 1.807) is 0 Å². The lowest BCUT2D eigenvalue weighted by Gasteiger charge is -2.17. The molecule has 1 unspecified atom stereocenters. The Labute approximate surface area is 77.0 Å². The van der Waals surface area contributed by atoms with Crippen LogP contribution in [0.25, 0.3) is 0 Å². The zero-order valence-corrected chi connectivity index (χ0v) is 8.17. The first-order valence-electron chi connectivity index (χ1n) is 5.04. The maximum atomic E-state index is 7.97. The van der Waals surface area contributed by atoms with Crippen molar-refractivity contribution in [2.75, 3.05) is 0 Å². The predicted octanol–water partition coefficient (Wildman–Crippen LogP) is 3.67. The summed E-state index contributed by atoms with van der Waals surface area (Å²) >= 11 is 0. The molecule has 1 aromatic carbocycles. The lowest BCUT2D eigenvalue weighted by Crippen LogP contribution is -2.06. The normalized spacial score (nSPS) is 15.4. The van der Waals surface area contributed by atoms with Gasteiger partial charge in [0.25, 0.3) is 0 Å². The molecule has 12 heavy (non-hydrogen) atoms. The summed E-state index contributed by atoms with van der Waals surface area (Å²) in [4.78, 5) is 0. The third-order valence-electron chi connectivity index (χ3n) is 1.75. The van der Waals surface area contributed by atoms with Crippen LogP contribution >= 0.6 is 0 Å². The number of aryl methyl sites for hydroxylation is 1. The molecule has 0 nitrogen and oxygen atoms in total. The van der Waals surface area contributed by atoms with Crippen molar-refractivity contribution in [3.05, 3.63) is 35.9 Å². The van der Waals surface area contributed by atoms with Crippen LogP contribution in [0.5, 0.6) is 0 Å². The molecule has 0 amide bonds. The molecular formula is C12H18. The van der Waals surface area contributed by atoms with Crippen LogP contribution in [0.15, 0.2) is 30.3 Å². The Morgan fingerprint density at radius 3 is 2.25 bits per heavy atom. The van der Waals surface area contributed by atoms with Crippen LogP contribution in [0, 0.1) is 5.41 Å².